The lowest BCUT2D eigenvalue weighted by atomic mass is 10.1. The molecule has 0 spiro atoms. The zero-order valence-electron chi connectivity index (χ0n) is 17.5. The molecule has 1 N–H and O–H groups in total. The van der Waals surface area contributed by atoms with Gasteiger partial charge in [0.25, 0.3) is 0 Å². The second-order valence-corrected chi connectivity index (χ2v) is 8.38. The van der Waals surface area contributed by atoms with Crippen LogP contribution in [0.2, 0.25) is 0 Å². The third-order valence-corrected chi connectivity index (χ3v) is 5.93. The van der Waals surface area contributed by atoms with Crippen molar-refractivity contribution in [3.05, 3.63) is 65.7 Å². The second kappa shape index (κ2) is 8.77. The SMILES string of the molecule is CCOC(=O)c1ccc(NC(=O)C(C)Sc2nnc3cc(C)c4ccccc4n23)cc1. The molecule has 7 nitrogen and oxygen atoms in total. The van der Waals surface area contributed by atoms with Crippen LogP contribution in [0.1, 0.15) is 29.8 Å². The number of carbonyl (C=O) groups excluding carboxylic acids is 2. The van der Waals surface area contributed by atoms with Gasteiger partial charge in [-0.15, -0.1) is 10.2 Å². The third kappa shape index (κ3) is 4.25. The number of hydrogen-bond donors (Lipinski definition) is 1. The van der Waals surface area contributed by atoms with Gasteiger partial charge in [-0.25, -0.2) is 4.79 Å². The standard InChI is InChI=1S/C23H22N4O3S/c1-4-30-22(29)16-9-11-17(12-10-16)24-21(28)15(3)31-23-26-25-20-13-14(2)18-7-5-6-8-19(18)27(20)23/h5-13,15H,4H2,1-3H3,(H,24,28). The summed E-state index contributed by atoms with van der Waals surface area (Å²) < 4.78 is 6.95. The summed E-state index contributed by atoms with van der Waals surface area (Å²) in [5, 5.41) is 12.8. The summed E-state index contributed by atoms with van der Waals surface area (Å²) in [4.78, 5) is 24.5. The van der Waals surface area contributed by atoms with Crippen molar-refractivity contribution in [1.82, 2.24) is 14.6 Å². The summed E-state index contributed by atoms with van der Waals surface area (Å²) in [6, 6.07) is 16.7. The minimum atomic E-state index is -0.405. The maximum atomic E-state index is 12.7. The van der Waals surface area contributed by atoms with Crippen LogP contribution in [0.25, 0.3) is 16.6 Å². The van der Waals surface area contributed by atoms with E-state index in [1.807, 2.05) is 42.5 Å². The summed E-state index contributed by atoms with van der Waals surface area (Å²) in [5.41, 5.74) is 3.94. The van der Waals surface area contributed by atoms with E-state index in [0.717, 1.165) is 22.1 Å². The fourth-order valence-corrected chi connectivity index (χ4v) is 4.18. The Morgan fingerprint density at radius 2 is 1.87 bits per heavy atom. The molecular formula is C23H22N4O3S. The van der Waals surface area contributed by atoms with E-state index >= 15 is 0 Å². The van der Waals surface area contributed by atoms with E-state index in [9.17, 15) is 9.59 Å². The number of hydrogen-bond acceptors (Lipinski definition) is 6. The number of fused-ring (bicyclic) bond motifs is 3. The molecule has 31 heavy (non-hydrogen) atoms. The maximum Gasteiger partial charge on any atom is 0.338 e. The van der Waals surface area contributed by atoms with Gasteiger partial charge in [-0.2, -0.15) is 0 Å². The van der Waals surface area contributed by atoms with Gasteiger partial charge in [0.2, 0.25) is 5.91 Å². The van der Waals surface area contributed by atoms with Crippen LogP contribution in [0, 0.1) is 6.92 Å². The van der Waals surface area contributed by atoms with E-state index in [0.29, 0.717) is 23.0 Å². The van der Waals surface area contributed by atoms with Gasteiger partial charge in [-0.3, -0.25) is 9.20 Å². The summed E-state index contributed by atoms with van der Waals surface area (Å²) in [6.07, 6.45) is 0. The number of nitrogens with one attached hydrogen (secondary N) is 1. The Morgan fingerprint density at radius 1 is 1.13 bits per heavy atom. The van der Waals surface area contributed by atoms with Gasteiger partial charge >= 0.3 is 5.97 Å². The van der Waals surface area contributed by atoms with Gasteiger partial charge in [-0.1, -0.05) is 30.0 Å². The van der Waals surface area contributed by atoms with Crippen LogP contribution < -0.4 is 5.32 Å². The number of benzene rings is 2. The number of amides is 1. The largest absolute Gasteiger partial charge is 0.462 e. The number of carbonyl (C=O) groups is 2. The minimum absolute atomic E-state index is 0.165. The first-order chi connectivity index (χ1) is 15.0. The summed E-state index contributed by atoms with van der Waals surface area (Å²) in [5.74, 6) is -0.549. The second-order valence-electron chi connectivity index (χ2n) is 7.07. The Kier molecular flexibility index (Phi) is 5.90. The number of aromatic nitrogens is 3. The van der Waals surface area contributed by atoms with Gasteiger partial charge in [0.15, 0.2) is 10.8 Å². The van der Waals surface area contributed by atoms with Crippen molar-refractivity contribution in [2.24, 2.45) is 0 Å². The molecule has 0 saturated heterocycles. The predicted molar refractivity (Wildman–Crippen MR) is 122 cm³/mol. The fraction of sp³-hybridized carbons (Fsp3) is 0.217. The molecule has 1 amide bonds. The number of anilines is 1. The van der Waals surface area contributed by atoms with Gasteiger partial charge in [0.1, 0.15) is 0 Å². The van der Waals surface area contributed by atoms with Crippen molar-refractivity contribution in [2.45, 2.75) is 31.2 Å². The third-order valence-electron chi connectivity index (χ3n) is 4.89. The van der Waals surface area contributed by atoms with Crippen molar-refractivity contribution in [3.8, 4) is 0 Å². The van der Waals surface area contributed by atoms with Gasteiger partial charge in [0.05, 0.1) is 22.9 Å². The first-order valence-electron chi connectivity index (χ1n) is 9.96. The summed E-state index contributed by atoms with van der Waals surface area (Å²) in [6.45, 7) is 5.95. The molecule has 1 atom stereocenters. The van der Waals surface area contributed by atoms with E-state index in [2.05, 4.69) is 21.6 Å². The molecule has 0 saturated carbocycles. The number of para-hydroxylation sites is 1. The minimum Gasteiger partial charge on any atom is -0.462 e. The normalized spacial score (nSPS) is 12.1. The quantitative estimate of drug-likeness (QED) is 0.356. The molecule has 2 aromatic heterocycles. The number of pyridine rings is 1. The van der Waals surface area contributed by atoms with Gasteiger partial charge in [0, 0.05) is 11.1 Å². The molecule has 4 rings (SSSR count). The molecule has 2 heterocycles. The number of ether oxygens (including phenoxy) is 1. The Balaban J connectivity index is 1.51. The van der Waals surface area contributed by atoms with Gasteiger partial charge < -0.3 is 10.1 Å². The first-order valence-corrected chi connectivity index (χ1v) is 10.8. The Morgan fingerprint density at radius 3 is 2.61 bits per heavy atom. The Bertz CT molecular complexity index is 1270. The highest BCUT2D eigenvalue weighted by Crippen LogP contribution is 2.28. The lowest BCUT2D eigenvalue weighted by molar-refractivity contribution is -0.115. The monoisotopic (exact) mass is 434 g/mol. The molecule has 0 aliphatic rings. The molecule has 8 heteroatoms. The Hall–Kier alpha value is -3.39. The van der Waals surface area contributed by atoms with E-state index in [4.69, 9.17) is 4.74 Å². The van der Waals surface area contributed by atoms with Crippen LogP contribution in [0.3, 0.4) is 0 Å². The summed E-state index contributed by atoms with van der Waals surface area (Å²) in [7, 11) is 0. The molecule has 158 valence electrons. The highest BCUT2D eigenvalue weighted by atomic mass is 32.2. The number of nitrogens with zero attached hydrogens (tertiary/aromatic N) is 3. The molecule has 2 aromatic carbocycles. The molecule has 0 bridgehead atoms. The van der Waals surface area contributed by atoms with E-state index in [1.54, 1.807) is 31.2 Å². The number of rotatable bonds is 6. The van der Waals surface area contributed by atoms with Crippen molar-refractivity contribution >= 4 is 45.9 Å². The molecular weight excluding hydrogens is 412 g/mol. The van der Waals surface area contributed by atoms with E-state index in [-0.39, 0.29) is 11.9 Å². The van der Waals surface area contributed by atoms with Crippen LogP contribution in [0.15, 0.2) is 59.8 Å². The number of esters is 1. The number of aryl methyl sites for hydroxylation is 1. The molecule has 0 aliphatic heterocycles. The Labute approximate surface area is 183 Å². The van der Waals surface area contributed by atoms with Crippen LogP contribution in [0.4, 0.5) is 5.69 Å². The van der Waals surface area contributed by atoms with Crippen molar-refractivity contribution in [3.63, 3.8) is 0 Å². The topological polar surface area (TPSA) is 85.6 Å². The predicted octanol–water partition coefficient (Wildman–Crippen LogP) is 4.49. The molecule has 0 fully saturated rings. The zero-order chi connectivity index (χ0) is 22.0. The number of thioether (sulfide) groups is 1. The first kappa shape index (κ1) is 20.9. The average molecular weight is 435 g/mol. The van der Waals surface area contributed by atoms with Crippen LogP contribution >= 0.6 is 11.8 Å². The smallest absolute Gasteiger partial charge is 0.338 e. The lowest BCUT2D eigenvalue weighted by Crippen LogP contribution is -2.22. The lowest BCUT2D eigenvalue weighted by Gasteiger charge is -2.12. The molecule has 0 radical (unpaired) electrons. The highest BCUT2D eigenvalue weighted by Gasteiger charge is 2.20. The van der Waals surface area contributed by atoms with Crippen molar-refractivity contribution < 1.29 is 14.3 Å². The van der Waals surface area contributed by atoms with Crippen molar-refractivity contribution in [1.29, 1.82) is 0 Å². The summed E-state index contributed by atoms with van der Waals surface area (Å²) >= 11 is 1.35. The van der Waals surface area contributed by atoms with Gasteiger partial charge in [-0.05, 0) is 62.7 Å². The van der Waals surface area contributed by atoms with E-state index in [1.165, 1.54) is 11.8 Å². The van der Waals surface area contributed by atoms with Crippen LogP contribution in [0.5, 0.6) is 0 Å². The fourth-order valence-electron chi connectivity index (χ4n) is 3.31. The molecule has 1 unspecified atom stereocenters. The van der Waals surface area contributed by atoms with Crippen LogP contribution in [-0.2, 0) is 9.53 Å². The van der Waals surface area contributed by atoms with Crippen LogP contribution in [-0.4, -0.2) is 38.3 Å². The molecule has 4 aromatic rings. The zero-order valence-corrected chi connectivity index (χ0v) is 18.3. The maximum absolute atomic E-state index is 12.7. The highest BCUT2D eigenvalue weighted by molar-refractivity contribution is 8.00. The molecule has 0 aliphatic carbocycles. The van der Waals surface area contributed by atoms with E-state index < -0.39 is 5.25 Å². The van der Waals surface area contributed by atoms with Crippen molar-refractivity contribution in [2.75, 3.05) is 11.9 Å². The average Bonchev–Trinajstić information content (AvgIpc) is 3.17.